The summed E-state index contributed by atoms with van der Waals surface area (Å²) in [5, 5.41) is 10.8. The van der Waals surface area contributed by atoms with Gasteiger partial charge in [-0.15, -0.1) is 0 Å². The summed E-state index contributed by atoms with van der Waals surface area (Å²) in [6.07, 6.45) is 1.48. The number of likely N-dealkylation sites (tertiary alicyclic amines) is 1. The van der Waals surface area contributed by atoms with Crippen LogP contribution < -0.4 is 5.73 Å². The Kier molecular flexibility index (Phi) is 4.74. The first kappa shape index (κ1) is 18.1. The van der Waals surface area contributed by atoms with Crippen LogP contribution >= 0.6 is 0 Å². The van der Waals surface area contributed by atoms with Crippen LogP contribution in [-0.4, -0.2) is 35.1 Å². The van der Waals surface area contributed by atoms with Crippen molar-refractivity contribution in [2.75, 3.05) is 13.1 Å². The maximum Gasteiger partial charge on any atom is 0.222 e. The van der Waals surface area contributed by atoms with Gasteiger partial charge >= 0.3 is 0 Å². The lowest BCUT2D eigenvalue weighted by molar-refractivity contribution is -0.133. The standard InChI is InChI=1S/C22H25FN2O2/c23-18-8-4-1-5-15(18)9-10-19(26)25-13-11-22(12-14-25)17-7-3-2-6-16(17)20(24)21(22)27/h1-8,20-21,27H,9-14,24H2/t20-,21+/m1/s1. The largest absolute Gasteiger partial charge is 0.390 e. The number of nitrogens with zero attached hydrogens (tertiary/aromatic N) is 1. The molecule has 2 aliphatic rings. The van der Waals surface area contributed by atoms with Gasteiger partial charge in [0.2, 0.25) is 5.91 Å². The Labute approximate surface area is 158 Å². The number of amides is 1. The second-order valence-electron chi connectivity index (χ2n) is 7.69. The van der Waals surface area contributed by atoms with Crippen molar-refractivity contribution in [3.05, 3.63) is 71.0 Å². The Balaban J connectivity index is 1.42. The average Bonchev–Trinajstić information content (AvgIpc) is 2.90. The van der Waals surface area contributed by atoms with E-state index in [4.69, 9.17) is 5.73 Å². The van der Waals surface area contributed by atoms with Gasteiger partial charge in [-0.2, -0.15) is 0 Å². The van der Waals surface area contributed by atoms with Crippen LogP contribution in [0.1, 0.15) is 42.0 Å². The lowest BCUT2D eigenvalue weighted by Gasteiger charge is -2.42. The van der Waals surface area contributed by atoms with Gasteiger partial charge in [0.1, 0.15) is 5.82 Å². The molecule has 3 N–H and O–H groups in total. The molecule has 4 rings (SSSR count). The van der Waals surface area contributed by atoms with Gasteiger partial charge < -0.3 is 15.7 Å². The Bertz CT molecular complexity index is 846. The van der Waals surface area contributed by atoms with Crippen LogP contribution in [0, 0.1) is 5.82 Å². The lowest BCUT2D eigenvalue weighted by atomic mass is 9.72. The molecule has 0 bridgehead atoms. The summed E-state index contributed by atoms with van der Waals surface area (Å²) >= 11 is 0. The van der Waals surface area contributed by atoms with Crippen molar-refractivity contribution >= 4 is 5.91 Å². The van der Waals surface area contributed by atoms with Crippen molar-refractivity contribution in [2.45, 2.75) is 43.2 Å². The van der Waals surface area contributed by atoms with Gasteiger partial charge in [-0.25, -0.2) is 4.39 Å². The van der Waals surface area contributed by atoms with Crippen molar-refractivity contribution in [3.63, 3.8) is 0 Å². The summed E-state index contributed by atoms with van der Waals surface area (Å²) in [6.45, 7) is 1.18. The van der Waals surface area contributed by atoms with Crippen molar-refractivity contribution < 1.29 is 14.3 Å². The molecule has 142 valence electrons. The molecule has 0 unspecified atom stereocenters. The minimum atomic E-state index is -0.620. The number of nitrogens with two attached hydrogens (primary N) is 1. The molecule has 1 aliphatic carbocycles. The zero-order valence-electron chi connectivity index (χ0n) is 15.3. The fraction of sp³-hybridized carbons (Fsp3) is 0.409. The number of hydrogen-bond acceptors (Lipinski definition) is 3. The highest BCUT2D eigenvalue weighted by Gasteiger charge is 2.51. The molecule has 1 heterocycles. The summed E-state index contributed by atoms with van der Waals surface area (Å²) < 4.78 is 13.7. The number of aliphatic hydroxyl groups is 1. The highest BCUT2D eigenvalue weighted by atomic mass is 19.1. The van der Waals surface area contributed by atoms with Gasteiger partial charge in [-0.3, -0.25) is 4.79 Å². The number of piperidine rings is 1. The van der Waals surface area contributed by atoms with E-state index < -0.39 is 6.10 Å². The minimum Gasteiger partial charge on any atom is -0.390 e. The monoisotopic (exact) mass is 368 g/mol. The number of benzene rings is 2. The highest BCUT2D eigenvalue weighted by Crippen LogP contribution is 2.50. The van der Waals surface area contributed by atoms with Crippen molar-refractivity contribution in [1.82, 2.24) is 4.90 Å². The van der Waals surface area contributed by atoms with E-state index in [0.29, 0.717) is 44.3 Å². The zero-order valence-corrected chi connectivity index (χ0v) is 15.3. The number of hydrogen-bond donors (Lipinski definition) is 2. The van der Waals surface area contributed by atoms with Crippen LogP contribution in [0.4, 0.5) is 4.39 Å². The first-order chi connectivity index (χ1) is 13.0. The number of aryl methyl sites for hydroxylation is 1. The van der Waals surface area contributed by atoms with Gasteiger partial charge in [0.05, 0.1) is 12.1 Å². The van der Waals surface area contributed by atoms with Crippen LogP contribution in [0.15, 0.2) is 48.5 Å². The summed E-state index contributed by atoms with van der Waals surface area (Å²) in [4.78, 5) is 14.4. The Hall–Kier alpha value is -2.24. The van der Waals surface area contributed by atoms with Gasteiger partial charge in [0.25, 0.3) is 0 Å². The molecule has 1 fully saturated rings. The van der Waals surface area contributed by atoms with Gasteiger partial charge in [-0.1, -0.05) is 42.5 Å². The molecule has 27 heavy (non-hydrogen) atoms. The first-order valence-corrected chi connectivity index (χ1v) is 9.57. The van der Waals surface area contributed by atoms with E-state index in [1.165, 1.54) is 6.07 Å². The predicted octanol–water partition coefficient (Wildman–Crippen LogP) is 2.69. The molecule has 2 aromatic carbocycles. The normalized spacial score (nSPS) is 23.4. The Morgan fingerprint density at radius 2 is 1.81 bits per heavy atom. The lowest BCUT2D eigenvalue weighted by Crippen LogP contribution is -2.50. The minimum absolute atomic E-state index is 0.0400. The third-order valence-electron chi connectivity index (χ3n) is 6.34. The molecule has 1 aliphatic heterocycles. The molecule has 1 spiro atoms. The van der Waals surface area contributed by atoms with Crippen LogP contribution in [0.25, 0.3) is 0 Å². The van der Waals surface area contributed by atoms with Crippen LogP contribution in [0.2, 0.25) is 0 Å². The summed E-state index contributed by atoms with van der Waals surface area (Å²) in [6, 6.07) is 14.2. The van der Waals surface area contributed by atoms with E-state index in [9.17, 15) is 14.3 Å². The van der Waals surface area contributed by atoms with E-state index in [1.54, 1.807) is 18.2 Å². The second-order valence-corrected chi connectivity index (χ2v) is 7.69. The third-order valence-corrected chi connectivity index (χ3v) is 6.34. The number of aliphatic hydroxyl groups excluding tert-OH is 1. The average molecular weight is 368 g/mol. The molecule has 2 atom stereocenters. The van der Waals surface area contributed by atoms with Gasteiger partial charge in [0.15, 0.2) is 0 Å². The Morgan fingerprint density at radius 1 is 1.15 bits per heavy atom. The molecular weight excluding hydrogens is 343 g/mol. The van der Waals surface area contributed by atoms with Crippen LogP contribution in [-0.2, 0) is 16.6 Å². The van der Waals surface area contributed by atoms with Crippen LogP contribution in [0.5, 0.6) is 0 Å². The number of halogens is 1. The van der Waals surface area contributed by atoms with E-state index in [2.05, 4.69) is 6.07 Å². The summed E-state index contributed by atoms with van der Waals surface area (Å²) in [5.41, 5.74) is 8.61. The van der Waals surface area contributed by atoms with E-state index >= 15 is 0 Å². The summed E-state index contributed by atoms with van der Waals surface area (Å²) in [7, 11) is 0. The van der Waals surface area contributed by atoms with E-state index in [1.807, 2.05) is 23.1 Å². The maximum absolute atomic E-state index is 13.7. The number of fused-ring (bicyclic) bond motifs is 2. The zero-order chi connectivity index (χ0) is 19.0. The van der Waals surface area contributed by atoms with Crippen molar-refractivity contribution in [1.29, 1.82) is 0 Å². The van der Waals surface area contributed by atoms with Crippen molar-refractivity contribution in [2.24, 2.45) is 5.73 Å². The molecule has 5 heteroatoms. The van der Waals surface area contributed by atoms with E-state index in [0.717, 1.165) is 11.1 Å². The van der Waals surface area contributed by atoms with Gasteiger partial charge in [0, 0.05) is 24.9 Å². The number of rotatable bonds is 3. The quantitative estimate of drug-likeness (QED) is 0.875. The third kappa shape index (κ3) is 3.05. The molecule has 1 amide bonds. The number of carbonyl (C=O) groups is 1. The topological polar surface area (TPSA) is 66.6 Å². The maximum atomic E-state index is 13.7. The molecule has 0 aromatic heterocycles. The molecule has 0 saturated carbocycles. The fourth-order valence-electron chi connectivity index (χ4n) is 4.74. The predicted molar refractivity (Wildman–Crippen MR) is 102 cm³/mol. The number of carbonyl (C=O) groups excluding carboxylic acids is 1. The SMILES string of the molecule is N[C@@H]1c2ccccc2C2(CCN(C(=O)CCc3ccccc3F)CC2)[C@H]1O. The highest BCUT2D eigenvalue weighted by molar-refractivity contribution is 5.76. The Morgan fingerprint density at radius 3 is 2.56 bits per heavy atom. The smallest absolute Gasteiger partial charge is 0.222 e. The molecule has 2 aromatic rings. The van der Waals surface area contributed by atoms with Crippen LogP contribution in [0.3, 0.4) is 0 Å². The molecular formula is C22H25FN2O2. The van der Waals surface area contributed by atoms with E-state index in [-0.39, 0.29) is 23.2 Å². The van der Waals surface area contributed by atoms with Gasteiger partial charge in [-0.05, 0) is 42.0 Å². The van der Waals surface area contributed by atoms with Crippen molar-refractivity contribution in [3.8, 4) is 0 Å². The first-order valence-electron chi connectivity index (χ1n) is 9.57. The fourth-order valence-corrected chi connectivity index (χ4v) is 4.74. The molecule has 1 saturated heterocycles. The molecule has 4 nitrogen and oxygen atoms in total. The summed E-state index contributed by atoms with van der Waals surface area (Å²) in [5.74, 6) is -0.222. The second kappa shape index (κ2) is 7.06. The molecule has 0 radical (unpaired) electrons.